The van der Waals surface area contributed by atoms with Crippen molar-refractivity contribution in [3.8, 4) is 0 Å². The maximum absolute atomic E-state index is 11.2. The number of carbonyl (C=O) groups excluding carboxylic acids is 2. The highest BCUT2D eigenvalue weighted by atomic mass is 16.4. The van der Waals surface area contributed by atoms with Crippen LogP contribution in [0, 0.1) is 0 Å². The van der Waals surface area contributed by atoms with Crippen LogP contribution in [0.3, 0.4) is 0 Å². The number of amides is 1. The van der Waals surface area contributed by atoms with E-state index in [2.05, 4.69) is 17.4 Å². The van der Waals surface area contributed by atoms with Crippen LogP contribution in [0.25, 0.3) is 0 Å². The summed E-state index contributed by atoms with van der Waals surface area (Å²) in [6.45, 7) is 5.04. The standard InChI is InChI=1S/C11H13NO2.C8H11N.C5H12N2O2.C4H8O2/c1-2-3-11(14)12-10-6-4-9(8-13)5-7-10;9-7-6-8-4-2-1-3-5-8;6-3-1-2-4(7)5(8)9;1-2-3-4(5)6/h4-8H,2-3H2,1H3,(H,12,14);1-5H,6-7,9H2;4H,1-3,6-7H2,(H,8,9);2-3H2,1H3,(H,5,6)/t;;4-;/m..0./s1. The fourth-order valence-corrected chi connectivity index (χ4v) is 2.58. The van der Waals surface area contributed by atoms with Gasteiger partial charge in [-0.1, -0.05) is 44.2 Å². The van der Waals surface area contributed by atoms with Crippen LogP contribution in [-0.4, -0.2) is 53.5 Å². The normalized spacial score (nSPS) is 10.1. The van der Waals surface area contributed by atoms with Gasteiger partial charge in [0, 0.05) is 24.1 Å². The molecular weight excluding hydrogens is 488 g/mol. The van der Waals surface area contributed by atoms with E-state index in [4.69, 9.17) is 27.4 Å². The van der Waals surface area contributed by atoms with E-state index in [0.29, 0.717) is 37.8 Å². The summed E-state index contributed by atoms with van der Waals surface area (Å²) in [5.74, 6) is -1.66. The van der Waals surface area contributed by atoms with Crippen LogP contribution < -0.4 is 22.5 Å². The third-order valence-corrected chi connectivity index (χ3v) is 4.58. The number of hydrogen-bond acceptors (Lipinski definition) is 7. The molecule has 0 radical (unpaired) electrons. The highest BCUT2D eigenvalue weighted by Gasteiger charge is 2.08. The lowest BCUT2D eigenvalue weighted by molar-refractivity contribution is -0.139. The molecule has 0 aliphatic carbocycles. The van der Waals surface area contributed by atoms with E-state index >= 15 is 0 Å². The smallest absolute Gasteiger partial charge is 0.320 e. The number of nitrogens with one attached hydrogen (secondary N) is 1. The number of carboxylic acid groups (broad SMARTS) is 2. The van der Waals surface area contributed by atoms with Gasteiger partial charge in [0.2, 0.25) is 5.91 Å². The van der Waals surface area contributed by atoms with Gasteiger partial charge in [-0.25, -0.2) is 0 Å². The van der Waals surface area contributed by atoms with Crippen molar-refractivity contribution in [2.45, 2.75) is 64.8 Å². The summed E-state index contributed by atoms with van der Waals surface area (Å²) in [5, 5.41) is 18.9. The first kappa shape index (κ1) is 36.6. The number of rotatable bonds is 12. The lowest BCUT2D eigenvalue weighted by atomic mass is 10.2. The van der Waals surface area contributed by atoms with Crippen LogP contribution >= 0.6 is 0 Å². The van der Waals surface area contributed by atoms with Crippen LogP contribution in [0.4, 0.5) is 5.69 Å². The number of hydrogen-bond donors (Lipinski definition) is 6. The van der Waals surface area contributed by atoms with Crippen molar-refractivity contribution in [3.63, 3.8) is 0 Å². The summed E-state index contributed by atoms with van der Waals surface area (Å²) in [6, 6.07) is 16.3. The molecule has 1 atom stereocenters. The number of anilines is 1. The van der Waals surface area contributed by atoms with Crippen molar-refractivity contribution in [3.05, 3.63) is 65.7 Å². The fraction of sp³-hybridized carbons (Fsp3) is 0.429. The SMILES string of the molecule is CCCC(=O)Nc1ccc(C=O)cc1.CCCC(=O)O.NCCC[C@H](N)C(=O)O.NCCc1ccccc1. The minimum Gasteiger partial charge on any atom is -0.481 e. The van der Waals surface area contributed by atoms with Gasteiger partial charge in [-0.15, -0.1) is 0 Å². The first-order chi connectivity index (χ1) is 18.1. The molecule has 212 valence electrons. The number of carboxylic acids is 2. The number of nitrogens with two attached hydrogens (primary N) is 3. The second-order valence-electron chi connectivity index (χ2n) is 8.08. The van der Waals surface area contributed by atoms with Gasteiger partial charge in [0.05, 0.1) is 0 Å². The van der Waals surface area contributed by atoms with Gasteiger partial charge < -0.3 is 32.7 Å². The molecule has 2 aromatic carbocycles. The monoisotopic (exact) mass is 532 g/mol. The fourth-order valence-electron chi connectivity index (χ4n) is 2.58. The molecule has 0 saturated heterocycles. The zero-order valence-electron chi connectivity index (χ0n) is 22.5. The molecule has 0 spiro atoms. The Morgan fingerprint density at radius 1 is 0.895 bits per heavy atom. The van der Waals surface area contributed by atoms with Crippen molar-refractivity contribution < 1.29 is 29.4 Å². The average Bonchev–Trinajstić information content (AvgIpc) is 2.89. The van der Waals surface area contributed by atoms with Crippen LogP contribution in [0.15, 0.2) is 54.6 Å². The number of aldehydes is 1. The molecule has 0 bridgehead atoms. The Bertz CT molecular complexity index is 892. The molecule has 0 aromatic heterocycles. The van der Waals surface area contributed by atoms with Crippen LogP contribution in [0.1, 0.15) is 68.3 Å². The first-order valence-corrected chi connectivity index (χ1v) is 12.6. The predicted molar refractivity (Wildman–Crippen MR) is 151 cm³/mol. The zero-order valence-corrected chi connectivity index (χ0v) is 22.5. The Balaban J connectivity index is 0. The summed E-state index contributed by atoms with van der Waals surface area (Å²) in [4.78, 5) is 41.2. The molecule has 10 heteroatoms. The summed E-state index contributed by atoms with van der Waals surface area (Å²) in [6.07, 6.45) is 5.28. The lowest BCUT2D eigenvalue weighted by Gasteiger charge is -2.03. The molecule has 0 fully saturated rings. The second-order valence-corrected chi connectivity index (χ2v) is 8.08. The van der Waals surface area contributed by atoms with Crippen molar-refractivity contribution in [2.24, 2.45) is 17.2 Å². The third-order valence-electron chi connectivity index (χ3n) is 4.58. The van der Waals surface area contributed by atoms with Crippen molar-refractivity contribution in [1.29, 1.82) is 0 Å². The molecule has 0 saturated carbocycles. The quantitative estimate of drug-likeness (QED) is 0.222. The molecule has 0 heterocycles. The summed E-state index contributed by atoms with van der Waals surface area (Å²) >= 11 is 0. The predicted octanol–water partition coefficient (Wildman–Crippen LogP) is 3.43. The molecule has 1 amide bonds. The van der Waals surface area contributed by atoms with Crippen molar-refractivity contribution >= 4 is 29.8 Å². The Hall–Kier alpha value is -3.60. The molecule has 0 aliphatic heterocycles. The molecule has 38 heavy (non-hydrogen) atoms. The molecule has 0 unspecified atom stereocenters. The molecule has 9 N–H and O–H groups in total. The van der Waals surface area contributed by atoms with Crippen LogP contribution in [0.2, 0.25) is 0 Å². The van der Waals surface area contributed by atoms with Gasteiger partial charge in [-0.05, 0) is 75.0 Å². The minimum absolute atomic E-state index is 0.00588. The first-order valence-electron chi connectivity index (χ1n) is 12.6. The Kier molecular flexibility index (Phi) is 24.1. The van der Waals surface area contributed by atoms with Gasteiger partial charge in [0.1, 0.15) is 12.3 Å². The number of benzene rings is 2. The van der Waals surface area contributed by atoms with Gasteiger partial charge >= 0.3 is 11.9 Å². The highest BCUT2D eigenvalue weighted by molar-refractivity contribution is 5.91. The highest BCUT2D eigenvalue weighted by Crippen LogP contribution is 2.08. The van der Waals surface area contributed by atoms with Crippen LogP contribution in [-0.2, 0) is 20.8 Å². The van der Waals surface area contributed by atoms with Gasteiger partial charge in [0.15, 0.2) is 0 Å². The number of carbonyl (C=O) groups is 4. The second kappa shape index (κ2) is 25.1. The summed E-state index contributed by atoms with van der Waals surface area (Å²) < 4.78 is 0. The van der Waals surface area contributed by atoms with Gasteiger partial charge in [0.25, 0.3) is 0 Å². The summed E-state index contributed by atoms with van der Waals surface area (Å²) in [5.41, 5.74) is 18.3. The van der Waals surface area contributed by atoms with Gasteiger partial charge in [-0.2, -0.15) is 0 Å². The topological polar surface area (TPSA) is 199 Å². The van der Waals surface area contributed by atoms with E-state index in [0.717, 1.165) is 37.8 Å². The summed E-state index contributed by atoms with van der Waals surface area (Å²) in [7, 11) is 0. The van der Waals surface area contributed by atoms with E-state index in [1.54, 1.807) is 24.3 Å². The molecule has 0 aliphatic rings. The van der Waals surface area contributed by atoms with Crippen molar-refractivity contribution in [1.82, 2.24) is 0 Å². The van der Waals surface area contributed by atoms with E-state index in [1.165, 1.54) is 5.56 Å². The Morgan fingerprint density at radius 2 is 1.47 bits per heavy atom. The van der Waals surface area contributed by atoms with E-state index in [9.17, 15) is 19.2 Å². The Labute approximate surface area is 225 Å². The number of aliphatic carboxylic acids is 2. The van der Waals surface area contributed by atoms with Crippen LogP contribution in [0.5, 0.6) is 0 Å². The largest absolute Gasteiger partial charge is 0.481 e. The van der Waals surface area contributed by atoms with E-state index < -0.39 is 18.0 Å². The molecule has 2 aromatic rings. The molecule has 10 nitrogen and oxygen atoms in total. The maximum Gasteiger partial charge on any atom is 0.320 e. The van der Waals surface area contributed by atoms with E-state index in [-0.39, 0.29) is 5.91 Å². The Morgan fingerprint density at radius 3 is 1.87 bits per heavy atom. The third kappa shape index (κ3) is 22.8. The van der Waals surface area contributed by atoms with Gasteiger partial charge in [-0.3, -0.25) is 19.2 Å². The maximum atomic E-state index is 11.2. The molecule has 2 rings (SSSR count). The minimum atomic E-state index is -0.955. The average molecular weight is 533 g/mol. The zero-order chi connectivity index (χ0) is 29.2. The lowest BCUT2D eigenvalue weighted by Crippen LogP contribution is -2.30. The molecular formula is C28H44N4O6. The van der Waals surface area contributed by atoms with E-state index in [1.807, 2.05) is 32.0 Å². The van der Waals surface area contributed by atoms with Crippen molar-refractivity contribution in [2.75, 3.05) is 18.4 Å².